The van der Waals surface area contributed by atoms with Crippen molar-refractivity contribution in [1.82, 2.24) is 9.78 Å². The number of allylic oxidation sites excluding steroid dienone is 1. The highest BCUT2D eigenvalue weighted by Crippen LogP contribution is 2.04. The Balaban J connectivity index is 2.93. The number of carbonyl (C=O) groups is 1. The summed E-state index contributed by atoms with van der Waals surface area (Å²) in [4.78, 5) is 22.9. The van der Waals surface area contributed by atoms with Crippen molar-refractivity contribution in [3.8, 4) is 5.88 Å². The Morgan fingerprint density at radius 2 is 2.17 bits per heavy atom. The van der Waals surface area contributed by atoms with Gasteiger partial charge >= 0.3 is 5.97 Å². The zero-order valence-corrected chi connectivity index (χ0v) is 10.7. The predicted molar refractivity (Wildman–Crippen MR) is 65.4 cm³/mol. The van der Waals surface area contributed by atoms with E-state index >= 15 is 0 Å². The lowest BCUT2D eigenvalue weighted by molar-refractivity contribution is -0.136. The van der Waals surface area contributed by atoms with Gasteiger partial charge < -0.3 is 9.47 Å². The first-order valence-corrected chi connectivity index (χ1v) is 5.51. The van der Waals surface area contributed by atoms with E-state index in [1.165, 1.54) is 31.0 Å². The molecule has 0 aliphatic carbocycles. The van der Waals surface area contributed by atoms with Crippen molar-refractivity contribution in [1.29, 1.82) is 0 Å². The number of aromatic nitrogens is 2. The molecule has 0 aliphatic rings. The first-order valence-electron chi connectivity index (χ1n) is 5.51. The molecule has 0 saturated heterocycles. The molecule has 98 valence electrons. The molecule has 1 aromatic rings. The maximum Gasteiger partial charge on any atom is 0.333 e. The molecule has 6 nitrogen and oxygen atoms in total. The molecule has 18 heavy (non-hydrogen) atoms. The standard InChI is InChI=1S/C12H16N2O4/c1-4-9(12(16)18-3)7-8-14-11(15)6-5-10(13-14)17-2/h5-7H,4,8H2,1-3H3/b9-7-. The monoisotopic (exact) mass is 252 g/mol. The Morgan fingerprint density at radius 3 is 2.72 bits per heavy atom. The van der Waals surface area contributed by atoms with Crippen LogP contribution in [0.3, 0.4) is 0 Å². The topological polar surface area (TPSA) is 70.4 Å². The highest BCUT2D eigenvalue weighted by Gasteiger charge is 2.07. The summed E-state index contributed by atoms with van der Waals surface area (Å²) in [6, 6.07) is 2.85. The van der Waals surface area contributed by atoms with Gasteiger partial charge in [0.25, 0.3) is 5.56 Å². The second-order valence-corrected chi connectivity index (χ2v) is 3.47. The lowest BCUT2D eigenvalue weighted by atomic mass is 10.2. The summed E-state index contributed by atoms with van der Waals surface area (Å²) in [5, 5.41) is 3.97. The van der Waals surface area contributed by atoms with Crippen molar-refractivity contribution < 1.29 is 14.3 Å². The van der Waals surface area contributed by atoms with Crippen LogP contribution in [0, 0.1) is 0 Å². The van der Waals surface area contributed by atoms with Crippen LogP contribution in [0.25, 0.3) is 0 Å². The molecule has 0 saturated carbocycles. The molecule has 0 aliphatic heterocycles. The van der Waals surface area contributed by atoms with E-state index in [1.807, 2.05) is 6.92 Å². The minimum Gasteiger partial charge on any atom is -0.480 e. The zero-order valence-electron chi connectivity index (χ0n) is 10.7. The van der Waals surface area contributed by atoms with E-state index < -0.39 is 5.97 Å². The Bertz CT molecular complexity index is 505. The Labute approximate surface area is 105 Å². The van der Waals surface area contributed by atoms with Gasteiger partial charge in [-0.3, -0.25) is 4.79 Å². The summed E-state index contributed by atoms with van der Waals surface area (Å²) in [5.74, 6) is -0.0486. The van der Waals surface area contributed by atoms with Crippen LogP contribution in [0.5, 0.6) is 5.88 Å². The maximum absolute atomic E-state index is 11.5. The summed E-state index contributed by atoms with van der Waals surface area (Å²) in [6.07, 6.45) is 2.16. The summed E-state index contributed by atoms with van der Waals surface area (Å²) < 4.78 is 10.8. The van der Waals surface area contributed by atoms with Crippen molar-refractivity contribution >= 4 is 5.97 Å². The molecule has 1 heterocycles. The molecule has 0 amide bonds. The highest BCUT2D eigenvalue weighted by molar-refractivity contribution is 5.88. The molecule has 0 spiro atoms. The van der Waals surface area contributed by atoms with Crippen molar-refractivity contribution in [2.24, 2.45) is 0 Å². The summed E-state index contributed by atoms with van der Waals surface area (Å²) in [7, 11) is 2.79. The quantitative estimate of drug-likeness (QED) is 0.571. The van der Waals surface area contributed by atoms with Gasteiger partial charge in [0, 0.05) is 17.7 Å². The third kappa shape index (κ3) is 3.44. The van der Waals surface area contributed by atoms with Crippen LogP contribution in [0.4, 0.5) is 0 Å². The number of ether oxygens (including phenoxy) is 2. The van der Waals surface area contributed by atoms with Gasteiger partial charge in [-0.05, 0) is 6.42 Å². The lowest BCUT2D eigenvalue weighted by Crippen LogP contribution is -2.22. The van der Waals surface area contributed by atoms with Gasteiger partial charge in [0.15, 0.2) is 0 Å². The van der Waals surface area contributed by atoms with Gasteiger partial charge in [-0.1, -0.05) is 13.0 Å². The average molecular weight is 252 g/mol. The number of hydrogen-bond donors (Lipinski definition) is 0. The minimum atomic E-state index is -0.395. The third-order valence-corrected chi connectivity index (χ3v) is 2.39. The van der Waals surface area contributed by atoms with Crippen molar-refractivity contribution in [3.63, 3.8) is 0 Å². The number of carbonyl (C=O) groups excluding carboxylic acids is 1. The normalized spacial score (nSPS) is 11.2. The molecule has 0 unspecified atom stereocenters. The first kappa shape index (κ1) is 14.0. The van der Waals surface area contributed by atoms with Crippen LogP contribution in [-0.2, 0) is 16.1 Å². The Hall–Kier alpha value is -2.11. The van der Waals surface area contributed by atoms with Gasteiger partial charge in [0.05, 0.1) is 20.8 Å². The first-order chi connectivity index (χ1) is 8.62. The maximum atomic E-state index is 11.5. The second kappa shape index (κ2) is 6.58. The SMILES string of the molecule is CC/C(=C/Cn1nc(OC)ccc1=O)C(=O)OC. The van der Waals surface area contributed by atoms with E-state index in [0.29, 0.717) is 17.9 Å². The number of rotatable bonds is 5. The van der Waals surface area contributed by atoms with Crippen LogP contribution < -0.4 is 10.3 Å². The minimum absolute atomic E-state index is 0.203. The van der Waals surface area contributed by atoms with Crippen LogP contribution in [0.15, 0.2) is 28.6 Å². The fraction of sp³-hybridized carbons (Fsp3) is 0.417. The average Bonchev–Trinajstić information content (AvgIpc) is 2.40. The van der Waals surface area contributed by atoms with Gasteiger partial charge in [0.2, 0.25) is 5.88 Å². The summed E-state index contributed by atoms with van der Waals surface area (Å²) in [6.45, 7) is 2.04. The fourth-order valence-corrected chi connectivity index (χ4v) is 1.37. The van der Waals surface area contributed by atoms with Gasteiger partial charge in [-0.25, -0.2) is 9.48 Å². The Morgan fingerprint density at radius 1 is 1.44 bits per heavy atom. The van der Waals surface area contributed by atoms with Crippen molar-refractivity contribution in [2.75, 3.05) is 14.2 Å². The summed E-state index contributed by atoms with van der Waals surface area (Å²) in [5.41, 5.74) is 0.251. The van der Waals surface area contributed by atoms with E-state index in [2.05, 4.69) is 9.84 Å². The third-order valence-electron chi connectivity index (χ3n) is 2.39. The van der Waals surface area contributed by atoms with Gasteiger partial charge in [-0.2, -0.15) is 0 Å². The number of nitrogens with zero attached hydrogens (tertiary/aromatic N) is 2. The molecule has 1 rings (SSSR count). The second-order valence-electron chi connectivity index (χ2n) is 3.47. The molecule has 0 atom stereocenters. The van der Waals surface area contributed by atoms with Crippen molar-refractivity contribution in [2.45, 2.75) is 19.9 Å². The molecular formula is C12H16N2O4. The smallest absolute Gasteiger partial charge is 0.333 e. The molecule has 0 N–H and O–H groups in total. The number of hydrogen-bond acceptors (Lipinski definition) is 5. The Kier molecular flexibility index (Phi) is 5.10. The van der Waals surface area contributed by atoms with Gasteiger partial charge in [-0.15, -0.1) is 5.10 Å². The van der Waals surface area contributed by atoms with Gasteiger partial charge in [0.1, 0.15) is 0 Å². The fourth-order valence-electron chi connectivity index (χ4n) is 1.37. The van der Waals surface area contributed by atoms with Crippen LogP contribution in [0.1, 0.15) is 13.3 Å². The highest BCUT2D eigenvalue weighted by atomic mass is 16.5. The van der Waals surface area contributed by atoms with E-state index in [9.17, 15) is 9.59 Å². The van der Waals surface area contributed by atoms with E-state index in [1.54, 1.807) is 6.08 Å². The lowest BCUT2D eigenvalue weighted by Gasteiger charge is -2.05. The molecule has 1 aromatic heterocycles. The van der Waals surface area contributed by atoms with Crippen LogP contribution in [0.2, 0.25) is 0 Å². The van der Waals surface area contributed by atoms with E-state index in [4.69, 9.17) is 4.74 Å². The van der Waals surface area contributed by atoms with Crippen molar-refractivity contribution in [3.05, 3.63) is 34.1 Å². The molecule has 0 fully saturated rings. The number of esters is 1. The molecule has 0 radical (unpaired) electrons. The van der Waals surface area contributed by atoms with Crippen LogP contribution in [-0.4, -0.2) is 30.0 Å². The molecule has 6 heteroatoms. The molecular weight excluding hydrogens is 236 g/mol. The zero-order chi connectivity index (χ0) is 13.5. The van der Waals surface area contributed by atoms with Crippen LogP contribution >= 0.6 is 0 Å². The van der Waals surface area contributed by atoms with E-state index in [0.717, 1.165) is 0 Å². The largest absolute Gasteiger partial charge is 0.480 e. The van der Waals surface area contributed by atoms with E-state index in [-0.39, 0.29) is 12.1 Å². The molecule has 0 aromatic carbocycles. The number of methoxy groups -OCH3 is 2. The molecule has 0 bridgehead atoms. The predicted octanol–water partition coefficient (Wildman–Crippen LogP) is 0.761. The summed E-state index contributed by atoms with van der Waals surface area (Å²) >= 11 is 0.